The molecule has 1 aliphatic rings. The zero-order valence-corrected chi connectivity index (χ0v) is 18.3. The van der Waals surface area contributed by atoms with Crippen molar-refractivity contribution in [1.82, 2.24) is 10.9 Å². The maximum atomic E-state index is 12.5. The normalized spacial score (nSPS) is 13.8. The number of nitrogens with zero attached hydrogens (tertiary/aromatic N) is 2. The number of nitro groups is 1. The molecule has 2 heterocycles. The molecule has 0 radical (unpaired) electrons. The van der Waals surface area contributed by atoms with Crippen molar-refractivity contribution in [2.45, 2.75) is 19.4 Å². The minimum atomic E-state index is -0.573. The molecule has 0 aliphatic carbocycles. The molecule has 2 N–H and O–H groups in total. The molecule has 0 atom stereocenters. The zero-order valence-electron chi connectivity index (χ0n) is 18.3. The summed E-state index contributed by atoms with van der Waals surface area (Å²) >= 11 is 0. The van der Waals surface area contributed by atoms with Crippen molar-refractivity contribution in [3.8, 4) is 5.75 Å². The summed E-state index contributed by atoms with van der Waals surface area (Å²) in [6.45, 7) is 1.17. The van der Waals surface area contributed by atoms with Crippen LogP contribution in [0.4, 0.5) is 11.4 Å². The second kappa shape index (κ2) is 10.5. The highest BCUT2D eigenvalue weighted by molar-refractivity contribution is 5.93. The first-order chi connectivity index (χ1) is 16.5. The third kappa shape index (κ3) is 5.52. The Kier molecular flexibility index (Phi) is 7.07. The van der Waals surface area contributed by atoms with E-state index in [1.807, 2.05) is 35.2 Å². The molecule has 10 nitrogen and oxygen atoms in total. The summed E-state index contributed by atoms with van der Waals surface area (Å²) in [7, 11) is 0. The number of rotatable bonds is 7. The fourth-order valence-electron chi connectivity index (χ4n) is 3.80. The number of hydrogen-bond acceptors (Lipinski definition) is 7. The molecular weight excluding hydrogens is 440 g/mol. The quantitative estimate of drug-likeness (QED) is 0.405. The number of nitrogens with one attached hydrogen (secondary N) is 2. The average molecular weight is 464 g/mol. The molecule has 1 fully saturated rings. The third-order valence-electron chi connectivity index (χ3n) is 5.59. The fraction of sp³-hybridized carbons (Fsp3) is 0.250. The Hall–Kier alpha value is -4.34. The van der Waals surface area contributed by atoms with Gasteiger partial charge >= 0.3 is 5.91 Å². The molecule has 4 rings (SSSR count). The SMILES string of the molecule is O=C(NNC(=O)C1CCN(c2ccccc2[N+](=O)[O-])CC1)c1ccc(COc2ccccc2)o1. The number of furan rings is 1. The lowest BCUT2D eigenvalue weighted by Crippen LogP contribution is -2.47. The number of ether oxygens (including phenoxy) is 1. The summed E-state index contributed by atoms with van der Waals surface area (Å²) in [5.41, 5.74) is 5.41. The van der Waals surface area contributed by atoms with E-state index in [2.05, 4.69) is 10.9 Å². The van der Waals surface area contributed by atoms with E-state index in [4.69, 9.17) is 9.15 Å². The van der Waals surface area contributed by atoms with Crippen LogP contribution in [0.3, 0.4) is 0 Å². The number of hydrogen-bond donors (Lipinski definition) is 2. The van der Waals surface area contributed by atoms with Gasteiger partial charge in [-0.25, -0.2) is 0 Å². The molecule has 1 saturated heterocycles. The van der Waals surface area contributed by atoms with Gasteiger partial charge in [-0.2, -0.15) is 0 Å². The zero-order chi connectivity index (χ0) is 23.9. The largest absolute Gasteiger partial charge is 0.486 e. The van der Waals surface area contributed by atoms with Gasteiger partial charge in [-0.1, -0.05) is 30.3 Å². The summed E-state index contributed by atoms with van der Waals surface area (Å²) in [6, 6.07) is 18.9. The monoisotopic (exact) mass is 464 g/mol. The van der Waals surface area contributed by atoms with Crippen LogP contribution >= 0.6 is 0 Å². The molecule has 2 aromatic carbocycles. The van der Waals surface area contributed by atoms with Crippen molar-refractivity contribution < 1.29 is 23.7 Å². The molecule has 3 aromatic rings. The van der Waals surface area contributed by atoms with E-state index in [9.17, 15) is 19.7 Å². The van der Waals surface area contributed by atoms with Crippen LogP contribution in [0.2, 0.25) is 0 Å². The summed E-state index contributed by atoms with van der Waals surface area (Å²) in [5, 5.41) is 11.3. The van der Waals surface area contributed by atoms with Crippen LogP contribution in [0.1, 0.15) is 29.2 Å². The number of nitro benzene ring substituents is 1. The molecule has 1 aromatic heterocycles. The smallest absolute Gasteiger partial charge is 0.305 e. The minimum absolute atomic E-state index is 0.0460. The first-order valence-electron chi connectivity index (χ1n) is 10.9. The lowest BCUT2D eigenvalue weighted by atomic mass is 9.95. The molecule has 34 heavy (non-hydrogen) atoms. The van der Waals surface area contributed by atoms with Gasteiger partial charge in [0.25, 0.3) is 5.69 Å². The number of benzene rings is 2. The van der Waals surface area contributed by atoms with Crippen molar-refractivity contribution in [3.05, 3.63) is 88.4 Å². The van der Waals surface area contributed by atoms with Crippen LogP contribution in [0, 0.1) is 16.0 Å². The van der Waals surface area contributed by atoms with E-state index in [-0.39, 0.29) is 29.9 Å². The van der Waals surface area contributed by atoms with E-state index in [0.29, 0.717) is 43.1 Å². The standard InChI is InChI=1S/C24H24N4O6/c29-23(17-12-14-27(15-13-17)20-8-4-5-9-21(20)28(31)32)25-26-24(30)22-11-10-19(34-22)16-33-18-6-2-1-3-7-18/h1-11,17H,12-16H2,(H,25,29)(H,26,30). The molecule has 10 heteroatoms. The summed E-state index contributed by atoms with van der Waals surface area (Å²) in [4.78, 5) is 37.6. The lowest BCUT2D eigenvalue weighted by Gasteiger charge is -2.32. The topological polar surface area (TPSA) is 127 Å². The number of piperidine rings is 1. The summed E-state index contributed by atoms with van der Waals surface area (Å²) in [6.07, 6.45) is 1.02. The Labute approximate surface area is 195 Å². The van der Waals surface area contributed by atoms with Crippen LogP contribution in [0.15, 0.2) is 71.1 Å². The Morgan fingerprint density at radius 2 is 1.71 bits per heavy atom. The second-order valence-corrected chi connectivity index (χ2v) is 7.82. The number of anilines is 1. The molecule has 0 saturated carbocycles. The molecular formula is C24H24N4O6. The van der Waals surface area contributed by atoms with Crippen molar-refractivity contribution in [2.75, 3.05) is 18.0 Å². The molecule has 2 amide bonds. The van der Waals surface area contributed by atoms with Gasteiger partial charge in [0, 0.05) is 25.1 Å². The van der Waals surface area contributed by atoms with E-state index in [1.54, 1.807) is 24.3 Å². The van der Waals surface area contributed by atoms with Gasteiger partial charge in [-0.3, -0.25) is 30.6 Å². The van der Waals surface area contributed by atoms with E-state index in [1.165, 1.54) is 12.1 Å². The Morgan fingerprint density at radius 1 is 1.00 bits per heavy atom. The fourth-order valence-corrected chi connectivity index (χ4v) is 3.80. The van der Waals surface area contributed by atoms with E-state index in [0.717, 1.165) is 0 Å². The van der Waals surface area contributed by atoms with Crippen LogP contribution in [0.25, 0.3) is 0 Å². The first-order valence-corrected chi connectivity index (χ1v) is 10.9. The van der Waals surface area contributed by atoms with Gasteiger partial charge in [-0.15, -0.1) is 0 Å². The van der Waals surface area contributed by atoms with Crippen LogP contribution < -0.4 is 20.5 Å². The van der Waals surface area contributed by atoms with Gasteiger partial charge in [0.1, 0.15) is 23.8 Å². The van der Waals surface area contributed by atoms with Crippen LogP contribution in [-0.2, 0) is 11.4 Å². The number of amides is 2. The number of para-hydroxylation sites is 3. The van der Waals surface area contributed by atoms with E-state index >= 15 is 0 Å². The first kappa shape index (κ1) is 22.8. The molecule has 0 spiro atoms. The molecule has 0 bridgehead atoms. The highest BCUT2D eigenvalue weighted by Crippen LogP contribution is 2.31. The predicted molar refractivity (Wildman–Crippen MR) is 123 cm³/mol. The average Bonchev–Trinajstić information content (AvgIpc) is 3.36. The summed E-state index contributed by atoms with van der Waals surface area (Å²) < 4.78 is 11.1. The highest BCUT2D eigenvalue weighted by Gasteiger charge is 2.28. The van der Waals surface area contributed by atoms with Crippen molar-refractivity contribution in [3.63, 3.8) is 0 Å². The van der Waals surface area contributed by atoms with Gasteiger partial charge in [0.2, 0.25) is 5.91 Å². The second-order valence-electron chi connectivity index (χ2n) is 7.82. The van der Waals surface area contributed by atoms with Crippen LogP contribution in [-0.4, -0.2) is 29.8 Å². The van der Waals surface area contributed by atoms with Crippen molar-refractivity contribution in [2.24, 2.45) is 5.92 Å². The number of carbonyl (C=O) groups excluding carboxylic acids is 2. The summed E-state index contributed by atoms with van der Waals surface area (Å²) in [5.74, 6) is 0.0168. The molecule has 0 unspecified atom stereocenters. The van der Waals surface area contributed by atoms with Crippen molar-refractivity contribution >= 4 is 23.2 Å². The van der Waals surface area contributed by atoms with Gasteiger partial charge in [0.15, 0.2) is 5.76 Å². The molecule has 176 valence electrons. The Bertz CT molecular complexity index is 1160. The van der Waals surface area contributed by atoms with Gasteiger partial charge in [-0.05, 0) is 43.2 Å². The maximum Gasteiger partial charge on any atom is 0.305 e. The highest BCUT2D eigenvalue weighted by atomic mass is 16.6. The lowest BCUT2D eigenvalue weighted by molar-refractivity contribution is -0.384. The minimum Gasteiger partial charge on any atom is -0.486 e. The van der Waals surface area contributed by atoms with Crippen LogP contribution in [0.5, 0.6) is 5.75 Å². The van der Waals surface area contributed by atoms with Gasteiger partial charge < -0.3 is 14.1 Å². The maximum absolute atomic E-state index is 12.5. The Balaban J connectivity index is 1.23. The number of carbonyl (C=O) groups is 2. The van der Waals surface area contributed by atoms with E-state index < -0.39 is 10.8 Å². The van der Waals surface area contributed by atoms with Crippen molar-refractivity contribution in [1.29, 1.82) is 0 Å². The molecule has 1 aliphatic heterocycles. The Morgan fingerprint density at radius 3 is 2.44 bits per heavy atom. The van der Waals surface area contributed by atoms with Gasteiger partial charge in [0.05, 0.1) is 4.92 Å². The predicted octanol–water partition coefficient (Wildman–Crippen LogP) is 3.44. The third-order valence-corrected chi connectivity index (χ3v) is 5.59. The number of hydrazine groups is 1.